The van der Waals surface area contributed by atoms with E-state index in [1.165, 1.54) is 0 Å². The zero-order valence-corrected chi connectivity index (χ0v) is 13.0. The molecule has 20 heavy (non-hydrogen) atoms. The smallest absolute Gasteiger partial charge is 0.270 e. The highest BCUT2D eigenvalue weighted by Crippen LogP contribution is 2.34. The van der Waals surface area contributed by atoms with Crippen molar-refractivity contribution >= 4 is 21.6 Å². The van der Waals surface area contributed by atoms with Crippen LogP contribution in [-0.4, -0.2) is 35.5 Å². The number of hydrogen-bond acceptors (Lipinski definition) is 4. The van der Waals surface area contributed by atoms with E-state index < -0.39 is 0 Å². The second kappa shape index (κ2) is 5.42. The van der Waals surface area contributed by atoms with Gasteiger partial charge < -0.3 is 5.32 Å². The van der Waals surface area contributed by atoms with Crippen molar-refractivity contribution in [3.63, 3.8) is 0 Å². The molecule has 0 amide bonds. The molecule has 0 bridgehead atoms. The van der Waals surface area contributed by atoms with Gasteiger partial charge in [-0.25, -0.2) is 0 Å². The summed E-state index contributed by atoms with van der Waals surface area (Å²) in [6.45, 7) is 6.49. The number of halogens is 1. The van der Waals surface area contributed by atoms with E-state index in [0.717, 1.165) is 48.1 Å². The first kappa shape index (κ1) is 14.0. The van der Waals surface area contributed by atoms with Gasteiger partial charge in [-0.1, -0.05) is 15.9 Å². The van der Waals surface area contributed by atoms with Crippen LogP contribution in [0, 0.1) is 22.0 Å². The Morgan fingerprint density at radius 1 is 1.50 bits per heavy atom. The third-order valence-corrected chi connectivity index (χ3v) is 5.42. The number of fused-ring (bicyclic) bond motifs is 1. The van der Waals surface area contributed by atoms with Crippen LogP contribution in [-0.2, 0) is 6.54 Å². The summed E-state index contributed by atoms with van der Waals surface area (Å²) in [6, 6.07) is 5.61. The molecule has 0 aromatic heterocycles. The molecule has 5 nitrogen and oxygen atoms in total. The quantitative estimate of drug-likeness (QED) is 0.678. The Morgan fingerprint density at radius 2 is 2.30 bits per heavy atom. The molecule has 3 atom stereocenters. The molecule has 0 radical (unpaired) electrons. The Labute approximate surface area is 126 Å². The number of nitro groups is 1. The van der Waals surface area contributed by atoms with E-state index in [4.69, 9.17) is 0 Å². The fraction of sp³-hybridized carbons (Fsp3) is 0.571. The van der Waals surface area contributed by atoms with Crippen molar-refractivity contribution in [1.29, 1.82) is 0 Å². The molecule has 1 N–H and O–H groups in total. The molecule has 2 fully saturated rings. The molecule has 2 heterocycles. The zero-order valence-electron chi connectivity index (χ0n) is 11.4. The van der Waals surface area contributed by atoms with Crippen molar-refractivity contribution in [1.82, 2.24) is 10.2 Å². The van der Waals surface area contributed by atoms with Gasteiger partial charge in [-0.15, -0.1) is 0 Å². The lowest BCUT2D eigenvalue weighted by molar-refractivity contribution is -0.384. The summed E-state index contributed by atoms with van der Waals surface area (Å²) >= 11 is 3.46. The number of nitrogens with zero attached hydrogens (tertiary/aromatic N) is 2. The van der Waals surface area contributed by atoms with Crippen LogP contribution in [0.2, 0.25) is 0 Å². The molecule has 3 rings (SSSR count). The minimum atomic E-state index is -0.358. The number of non-ortho nitro benzene ring substituents is 1. The lowest BCUT2D eigenvalue weighted by Gasteiger charge is -2.24. The van der Waals surface area contributed by atoms with Crippen LogP contribution >= 0.6 is 15.9 Å². The van der Waals surface area contributed by atoms with Gasteiger partial charge in [-0.2, -0.15) is 0 Å². The van der Waals surface area contributed by atoms with E-state index in [2.05, 4.69) is 33.1 Å². The highest BCUT2D eigenvalue weighted by atomic mass is 79.9. The van der Waals surface area contributed by atoms with Crippen LogP contribution in [0.4, 0.5) is 5.69 Å². The van der Waals surface area contributed by atoms with E-state index in [-0.39, 0.29) is 10.6 Å². The summed E-state index contributed by atoms with van der Waals surface area (Å²) in [5.74, 6) is 1.49. The molecule has 0 aliphatic carbocycles. The summed E-state index contributed by atoms with van der Waals surface area (Å²) in [4.78, 5) is 12.9. The van der Waals surface area contributed by atoms with Crippen LogP contribution in [0.5, 0.6) is 0 Å². The molecule has 2 aliphatic heterocycles. The van der Waals surface area contributed by atoms with Gasteiger partial charge in [-0.3, -0.25) is 15.0 Å². The van der Waals surface area contributed by atoms with Gasteiger partial charge in [0, 0.05) is 35.7 Å². The minimum Gasteiger partial charge on any atom is -0.316 e. The maximum atomic E-state index is 10.8. The summed E-state index contributed by atoms with van der Waals surface area (Å²) < 4.78 is 0.828. The Hall–Kier alpha value is -0.980. The van der Waals surface area contributed by atoms with E-state index in [9.17, 15) is 10.1 Å². The van der Waals surface area contributed by atoms with Crippen molar-refractivity contribution in [3.05, 3.63) is 38.3 Å². The second-order valence-corrected chi connectivity index (χ2v) is 6.64. The summed E-state index contributed by atoms with van der Waals surface area (Å²) in [5, 5.41) is 14.2. The summed E-state index contributed by atoms with van der Waals surface area (Å²) in [5.41, 5.74) is 1.26. The standard InChI is InChI=1S/C14H18BrN3O2/c1-9-13-6-16-5-11(13)8-17(9)7-10-2-3-12(18(19)20)4-14(10)15/h2-4,9,11,13,16H,5-8H2,1H3. The third-order valence-electron chi connectivity index (χ3n) is 4.68. The predicted molar refractivity (Wildman–Crippen MR) is 80.5 cm³/mol. The van der Waals surface area contributed by atoms with Crippen molar-refractivity contribution < 1.29 is 4.92 Å². The highest BCUT2D eigenvalue weighted by molar-refractivity contribution is 9.10. The monoisotopic (exact) mass is 339 g/mol. The molecule has 108 valence electrons. The normalized spacial score (nSPS) is 29.6. The maximum Gasteiger partial charge on any atom is 0.270 e. The number of nitrogens with one attached hydrogen (secondary N) is 1. The van der Waals surface area contributed by atoms with Gasteiger partial charge in [-0.05, 0) is 43.5 Å². The number of likely N-dealkylation sites (tertiary alicyclic amines) is 1. The van der Waals surface area contributed by atoms with Gasteiger partial charge in [0.25, 0.3) is 5.69 Å². The van der Waals surface area contributed by atoms with Crippen LogP contribution in [0.3, 0.4) is 0 Å². The Balaban J connectivity index is 1.74. The van der Waals surface area contributed by atoms with Crippen molar-refractivity contribution in [2.24, 2.45) is 11.8 Å². The molecule has 1 aromatic rings. The first-order chi connectivity index (χ1) is 9.56. The topological polar surface area (TPSA) is 58.4 Å². The van der Waals surface area contributed by atoms with E-state index >= 15 is 0 Å². The Bertz CT molecular complexity index is 537. The highest BCUT2D eigenvalue weighted by Gasteiger charge is 2.41. The fourth-order valence-electron chi connectivity index (χ4n) is 3.46. The zero-order chi connectivity index (χ0) is 14.3. The molecular weight excluding hydrogens is 322 g/mol. The predicted octanol–water partition coefficient (Wildman–Crippen LogP) is 2.40. The van der Waals surface area contributed by atoms with Gasteiger partial charge in [0.1, 0.15) is 0 Å². The van der Waals surface area contributed by atoms with Crippen LogP contribution in [0.1, 0.15) is 12.5 Å². The fourth-order valence-corrected chi connectivity index (χ4v) is 3.95. The van der Waals surface area contributed by atoms with E-state index in [0.29, 0.717) is 6.04 Å². The number of rotatable bonds is 3. The van der Waals surface area contributed by atoms with E-state index in [1.54, 1.807) is 12.1 Å². The van der Waals surface area contributed by atoms with Gasteiger partial charge in [0.2, 0.25) is 0 Å². The van der Waals surface area contributed by atoms with Crippen molar-refractivity contribution in [2.75, 3.05) is 19.6 Å². The van der Waals surface area contributed by atoms with Crippen LogP contribution in [0.15, 0.2) is 22.7 Å². The third kappa shape index (κ3) is 2.47. The molecular formula is C14H18BrN3O2. The van der Waals surface area contributed by atoms with Crippen LogP contribution < -0.4 is 5.32 Å². The average Bonchev–Trinajstić information content (AvgIpc) is 2.96. The van der Waals surface area contributed by atoms with Crippen molar-refractivity contribution in [2.45, 2.75) is 19.5 Å². The number of hydrogen-bond donors (Lipinski definition) is 1. The van der Waals surface area contributed by atoms with Crippen LogP contribution in [0.25, 0.3) is 0 Å². The first-order valence-corrected chi connectivity index (χ1v) is 7.73. The average molecular weight is 340 g/mol. The second-order valence-electron chi connectivity index (χ2n) is 5.79. The van der Waals surface area contributed by atoms with Crippen molar-refractivity contribution in [3.8, 4) is 0 Å². The molecule has 6 heteroatoms. The summed E-state index contributed by atoms with van der Waals surface area (Å²) in [7, 11) is 0. The molecule has 1 aromatic carbocycles. The Morgan fingerprint density at radius 3 is 2.95 bits per heavy atom. The maximum absolute atomic E-state index is 10.8. The minimum absolute atomic E-state index is 0.135. The number of benzene rings is 1. The lowest BCUT2D eigenvalue weighted by Crippen LogP contribution is -2.32. The largest absolute Gasteiger partial charge is 0.316 e. The summed E-state index contributed by atoms with van der Waals surface area (Å²) in [6.07, 6.45) is 0. The molecule has 0 spiro atoms. The molecule has 2 aliphatic rings. The SMILES string of the molecule is CC1C2CNCC2CN1Cc1ccc([N+](=O)[O-])cc1Br. The first-order valence-electron chi connectivity index (χ1n) is 6.94. The Kier molecular flexibility index (Phi) is 3.79. The van der Waals surface area contributed by atoms with Gasteiger partial charge in [0.05, 0.1) is 4.92 Å². The lowest BCUT2D eigenvalue weighted by atomic mass is 9.95. The van der Waals surface area contributed by atoms with E-state index in [1.807, 2.05) is 6.07 Å². The molecule has 0 saturated carbocycles. The van der Waals surface area contributed by atoms with Gasteiger partial charge in [0.15, 0.2) is 0 Å². The molecule has 2 saturated heterocycles. The number of nitro benzene ring substituents is 1. The molecule has 3 unspecified atom stereocenters. The van der Waals surface area contributed by atoms with Gasteiger partial charge >= 0.3 is 0 Å².